The monoisotopic (exact) mass is 260 g/mol. The third-order valence-corrected chi connectivity index (χ3v) is 3.17. The molecule has 1 aromatic carbocycles. The van der Waals surface area contributed by atoms with Gasteiger partial charge < -0.3 is 14.4 Å². The summed E-state index contributed by atoms with van der Waals surface area (Å²) in [7, 11) is 0. The quantitative estimate of drug-likeness (QED) is 0.859. The molecule has 0 saturated heterocycles. The maximum atomic E-state index is 9.80. The SMILES string of the molecule is OC(Cc1nc(COc2ccccc2)no1)C1CC1. The Kier molecular flexibility index (Phi) is 3.46. The molecule has 3 rings (SSSR count). The molecule has 0 spiro atoms. The van der Waals surface area contributed by atoms with Gasteiger partial charge in [-0.2, -0.15) is 4.98 Å². The summed E-state index contributed by atoms with van der Waals surface area (Å²) >= 11 is 0. The zero-order valence-electron chi connectivity index (χ0n) is 10.5. The van der Waals surface area contributed by atoms with Crippen molar-refractivity contribution in [2.45, 2.75) is 32.0 Å². The molecule has 5 heteroatoms. The molecule has 1 saturated carbocycles. The second kappa shape index (κ2) is 5.40. The lowest BCUT2D eigenvalue weighted by Crippen LogP contribution is -2.13. The molecule has 1 fully saturated rings. The van der Waals surface area contributed by atoms with Crippen molar-refractivity contribution in [3.05, 3.63) is 42.0 Å². The van der Waals surface area contributed by atoms with E-state index in [9.17, 15) is 5.11 Å². The fourth-order valence-electron chi connectivity index (χ4n) is 1.92. The highest BCUT2D eigenvalue weighted by atomic mass is 16.5. The molecule has 0 amide bonds. The molecular weight excluding hydrogens is 244 g/mol. The highest BCUT2D eigenvalue weighted by Crippen LogP contribution is 2.33. The van der Waals surface area contributed by atoms with Crippen LogP contribution in [0.2, 0.25) is 0 Å². The lowest BCUT2D eigenvalue weighted by Gasteiger charge is -2.03. The first-order valence-corrected chi connectivity index (χ1v) is 6.48. The average molecular weight is 260 g/mol. The highest BCUT2D eigenvalue weighted by molar-refractivity contribution is 5.20. The second-order valence-electron chi connectivity index (χ2n) is 4.81. The van der Waals surface area contributed by atoms with E-state index in [0.29, 0.717) is 24.1 Å². The Labute approximate surface area is 111 Å². The summed E-state index contributed by atoms with van der Waals surface area (Å²) in [6.07, 6.45) is 2.27. The van der Waals surface area contributed by atoms with E-state index in [0.717, 1.165) is 18.6 Å². The van der Waals surface area contributed by atoms with Crippen LogP contribution >= 0.6 is 0 Å². The molecular formula is C14H16N2O3. The zero-order valence-corrected chi connectivity index (χ0v) is 10.5. The van der Waals surface area contributed by atoms with Gasteiger partial charge in [-0.05, 0) is 30.9 Å². The van der Waals surface area contributed by atoms with Crippen molar-refractivity contribution < 1.29 is 14.4 Å². The fourth-order valence-corrected chi connectivity index (χ4v) is 1.92. The first-order valence-electron chi connectivity index (χ1n) is 6.48. The van der Waals surface area contributed by atoms with Gasteiger partial charge in [-0.15, -0.1) is 0 Å². The standard InChI is InChI=1S/C14H16N2O3/c17-12(10-6-7-10)8-14-15-13(16-19-14)9-18-11-4-2-1-3-5-11/h1-5,10,12,17H,6-9H2. The van der Waals surface area contributed by atoms with Gasteiger partial charge in [-0.1, -0.05) is 23.4 Å². The number of benzene rings is 1. The molecule has 1 N–H and O–H groups in total. The average Bonchev–Trinajstić information content (AvgIpc) is 3.20. The smallest absolute Gasteiger partial charge is 0.229 e. The van der Waals surface area contributed by atoms with Crippen molar-refractivity contribution in [3.8, 4) is 5.75 Å². The third kappa shape index (κ3) is 3.32. The van der Waals surface area contributed by atoms with Gasteiger partial charge >= 0.3 is 0 Å². The molecule has 5 nitrogen and oxygen atoms in total. The number of ether oxygens (including phenoxy) is 1. The van der Waals surface area contributed by atoms with Gasteiger partial charge in [0.2, 0.25) is 11.7 Å². The Morgan fingerprint density at radius 3 is 2.84 bits per heavy atom. The largest absolute Gasteiger partial charge is 0.485 e. The van der Waals surface area contributed by atoms with Crippen LogP contribution < -0.4 is 4.74 Å². The van der Waals surface area contributed by atoms with Crippen molar-refractivity contribution in [2.75, 3.05) is 0 Å². The molecule has 100 valence electrons. The number of rotatable bonds is 6. The van der Waals surface area contributed by atoms with E-state index in [2.05, 4.69) is 10.1 Å². The van der Waals surface area contributed by atoms with E-state index in [4.69, 9.17) is 9.26 Å². The maximum Gasteiger partial charge on any atom is 0.229 e. The predicted molar refractivity (Wildman–Crippen MR) is 67.5 cm³/mol. The van der Waals surface area contributed by atoms with Crippen LogP contribution in [0.15, 0.2) is 34.9 Å². The molecule has 2 aromatic rings. The van der Waals surface area contributed by atoms with E-state index in [1.807, 2.05) is 30.3 Å². The summed E-state index contributed by atoms with van der Waals surface area (Å²) in [6.45, 7) is 0.271. The van der Waals surface area contributed by atoms with Crippen molar-refractivity contribution in [2.24, 2.45) is 5.92 Å². The van der Waals surface area contributed by atoms with E-state index >= 15 is 0 Å². The number of nitrogens with zero attached hydrogens (tertiary/aromatic N) is 2. The first-order chi connectivity index (χ1) is 9.31. The molecule has 1 unspecified atom stereocenters. The van der Waals surface area contributed by atoms with Gasteiger partial charge in [0.15, 0.2) is 6.61 Å². The van der Waals surface area contributed by atoms with E-state index in [-0.39, 0.29) is 12.7 Å². The van der Waals surface area contributed by atoms with Crippen LogP contribution in [0, 0.1) is 5.92 Å². The first kappa shape index (κ1) is 12.2. The Morgan fingerprint density at radius 2 is 2.11 bits per heavy atom. The lowest BCUT2D eigenvalue weighted by molar-refractivity contribution is 0.140. The topological polar surface area (TPSA) is 68.4 Å². The van der Waals surface area contributed by atoms with Crippen LogP contribution in [0.25, 0.3) is 0 Å². The van der Waals surface area contributed by atoms with Crippen LogP contribution in [0.4, 0.5) is 0 Å². The van der Waals surface area contributed by atoms with Crippen molar-refractivity contribution in [1.82, 2.24) is 10.1 Å². The number of aliphatic hydroxyl groups excluding tert-OH is 1. The van der Waals surface area contributed by atoms with Crippen molar-refractivity contribution >= 4 is 0 Å². The molecule has 1 aliphatic carbocycles. The Hall–Kier alpha value is -1.88. The van der Waals surface area contributed by atoms with Crippen LogP contribution in [-0.2, 0) is 13.0 Å². The lowest BCUT2D eigenvalue weighted by atomic mass is 10.2. The van der Waals surface area contributed by atoms with Crippen molar-refractivity contribution in [3.63, 3.8) is 0 Å². The van der Waals surface area contributed by atoms with E-state index < -0.39 is 0 Å². The minimum Gasteiger partial charge on any atom is -0.485 e. The van der Waals surface area contributed by atoms with E-state index in [1.54, 1.807) is 0 Å². The highest BCUT2D eigenvalue weighted by Gasteiger charge is 2.31. The summed E-state index contributed by atoms with van der Waals surface area (Å²) in [4.78, 5) is 4.21. The van der Waals surface area contributed by atoms with Crippen LogP contribution in [0.3, 0.4) is 0 Å². The number of aromatic nitrogens is 2. The molecule has 1 atom stereocenters. The summed E-state index contributed by atoms with van der Waals surface area (Å²) in [5, 5.41) is 13.6. The minimum absolute atomic E-state index is 0.271. The molecule has 1 aromatic heterocycles. The van der Waals surface area contributed by atoms with Crippen molar-refractivity contribution in [1.29, 1.82) is 0 Å². The predicted octanol–water partition coefficient (Wildman–Crippen LogP) is 1.96. The number of hydrogen-bond donors (Lipinski definition) is 1. The minimum atomic E-state index is -0.358. The number of aliphatic hydroxyl groups is 1. The van der Waals surface area contributed by atoms with Crippen LogP contribution in [-0.4, -0.2) is 21.4 Å². The Balaban J connectivity index is 1.53. The normalized spacial score (nSPS) is 16.3. The third-order valence-electron chi connectivity index (χ3n) is 3.17. The molecule has 19 heavy (non-hydrogen) atoms. The van der Waals surface area contributed by atoms with Gasteiger partial charge in [-0.25, -0.2) is 0 Å². The molecule has 1 aliphatic rings. The van der Waals surface area contributed by atoms with Gasteiger partial charge in [0.1, 0.15) is 5.75 Å². The second-order valence-corrected chi connectivity index (χ2v) is 4.81. The summed E-state index contributed by atoms with van der Waals surface area (Å²) in [5.74, 6) is 2.16. The number of para-hydroxylation sites is 1. The summed E-state index contributed by atoms with van der Waals surface area (Å²) in [6, 6.07) is 9.49. The van der Waals surface area contributed by atoms with Gasteiger partial charge in [0.05, 0.1) is 12.5 Å². The summed E-state index contributed by atoms with van der Waals surface area (Å²) in [5.41, 5.74) is 0. The van der Waals surface area contributed by atoms with Crippen LogP contribution in [0.1, 0.15) is 24.6 Å². The van der Waals surface area contributed by atoms with Crippen LogP contribution in [0.5, 0.6) is 5.75 Å². The fraction of sp³-hybridized carbons (Fsp3) is 0.429. The molecule has 1 heterocycles. The molecule has 0 radical (unpaired) electrons. The Morgan fingerprint density at radius 1 is 1.32 bits per heavy atom. The van der Waals surface area contributed by atoms with Gasteiger partial charge in [0.25, 0.3) is 0 Å². The summed E-state index contributed by atoms with van der Waals surface area (Å²) < 4.78 is 10.6. The Bertz CT molecular complexity index is 522. The maximum absolute atomic E-state index is 9.80. The zero-order chi connectivity index (χ0) is 13.1. The molecule has 0 aliphatic heterocycles. The molecule has 0 bridgehead atoms. The number of hydrogen-bond acceptors (Lipinski definition) is 5. The van der Waals surface area contributed by atoms with Gasteiger partial charge in [0, 0.05) is 0 Å². The van der Waals surface area contributed by atoms with Gasteiger partial charge in [-0.3, -0.25) is 0 Å². The van der Waals surface area contributed by atoms with E-state index in [1.165, 1.54) is 0 Å².